The highest BCUT2D eigenvalue weighted by Gasteiger charge is 2.13. The highest BCUT2D eigenvalue weighted by Crippen LogP contribution is 2.10. The van der Waals surface area contributed by atoms with Crippen LogP contribution in [0.4, 0.5) is 0 Å². The summed E-state index contributed by atoms with van der Waals surface area (Å²) in [6.07, 6.45) is 1.98. The fraction of sp³-hybridized carbons (Fsp3) is 0.462. The fourth-order valence-electron chi connectivity index (χ4n) is 1.37. The molecule has 0 aliphatic carbocycles. The number of hydrogen-bond acceptors (Lipinski definition) is 2. The van der Waals surface area contributed by atoms with E-state index < -0.39 is 0 Å². The van der Waals surface area contributed by atoms with Gasteiger partial charge in [-0.2, -0.15) is 0 Å². The van der Waals surface area contributed by atoms with Gasteiger partial charge in [-0.1, -0.05) is 59.8 Å². The van der Waals surface area contributed by atoms with Gasteiger partial charge in [0.05, 0.1) is 5.92 Å². The summed E-state index contributed by atoms with van der Waals surface area (Å²) in [5.74, 6) is -0.0767. The van der Waals surface area contributed by atoms with Crippen LogP contribution in [0.15, 0.2) is 30.3 Å². The average Bonchev–Trinajstić information content (AvgIpc) is 2.34. The number of benzene rings is 1. The van der Waals surface area contributed by atoms with E-state index in [9.17, 15) is 4.79 Å². The normalized spacial score (nSPS) is 12.1. The molecule has 16 heavy (non-hydrogen) atoms. The van der Waals surface area contributed by atoms with E-state index in [4.69, 9.17) is 4.74 Å². The summed E-state index contributed by atoms with van der Waals surface area (Å²) >= 11 is 2.32. The van der Waals surface area contributed by atoms with Crippen LogP contribution in [0, 0.1) is 5.92 Å². The molecular weight excluding hydrogens is 315 g/mol. The molecule has 88 valence electrons. The lowest BCUT2D eigenvalue weighted by molar-refractivity contribution is -0.149. The molecule has 0 bridgehead atoms. The van der Waals surface area contributed by atoms with Crippen molar-refractivity contribution in [2.45, 2.75) is 26.4 Å². The van der Waals surface area contributed by atoms with E-state index in [1.165, 1.54) is 0 Å². The van der Waals surface area contributed by atoms with Crippen LogP contribution >= 0.6 is 22.6 Å². The van der Waals surface area contributed by atoms with Crippen molar-refractivity contribution in [1.29, 1.82) is 0 Å². The van der Waals surface area contributed by atoms with Crippen molar-refractivity contribution in [1.82, 2.24) is 0 Å². The van der Waals surface area contributed by atoms with Crippen LogP contribution in [0.2, 0.25) is 0 Å². The minimum Gasteiger partial charge on any atom is -0.461 e. The van der Waals surface area contributed by atoms with E-state index in [1.807, 2.05) is 37.3 Å². The minimum absolute atomic E-state index is 0.0125. The molecule has 0 radical (unpaired) electrons. The molecule has 0 saturated heterocycles. The van der Waals surface area contributed by atoms with Gasteiger partial charge in [0, 0.05) is 0 Å². The average molecular weight is 332 g/mol. The zero-order valence-corrected chi connectivity index (χ0v) is 11.6. The summed E-state index contributed by atoms with van der Waals surface area (Å²) in [5.41, 5.74) is 1.04. The van der Waals surface area contributed by atoms with E-state index in [2.05, 4.69) is 22.6 Å². The Balaban J connectivity index is 2.29. The van der Waals surface area contributed by atoms with Crippen LogP contribution in [-0.2, 0) is 16.1 Å². The number of ether oxygens (including phenoxy) is 1. The maximum absolute atomic E-state index is 11.6. The number of carbonyl (C=O) groups excluding carboxylic acids is 1. The van der Waals surface area contributed by atoms with Crippen molar-refractivity contribution in [3.05, 3.63) is 35.9 Å². The number of halogens is 1. The standard InChI is InChI=1S/C13H17IO2/c1-11(6-5-9-14)13(15)16-10-12-7-3-2-4-8-12/h2-4,7-8,11H,5-6,9-10H2,1H3/t11-/m0/s1. The second-order valence-corrected chi connectivity index (χ2v) is 4.90. The van der Waals surface area contributed by atoms with E-state index in [1.54, 1.807) is 0 Å². The van der Waals surface area contributed by atoms with Gasteiger partial charge in [0.25, 0.3) is 0 Å². The van der Waals surface area contributed by atoms with Crippen LogP contribution in [0.1, 0.15) is 25.3 Å². The van der Waals surface area contributed by atoms with Gasteiger partial charge >= 0.3 is 5.97 Å². The van der Waals surface area contributed by atoms with Crippen molar-refractivity contribution in [3.8, 4) is 0 Å². The highest BCUT2D eigenvalue weighted by molar-refractivity contribution is 14.1. The smallest absolute Gasteiger partial charge is 0.308 e. The molecule has 0 aliphatic heterocycles. The molecule has 0 aromatic heterocycles. The topological polar surface area (TPSA) is 26.3 Å². The Kier molecular flexibility index (Phi) is 6.45. The first-order valence-electron chi connectivity index (χ1n) is 5.50. The number of alkyl halides is 1. The first kappa shape index (κ1) is 13.5. The van der Waals surface area contributed by atoms with Gasteiger partial charge in [0.1, 0.15) is 6.61 Å². The second kappa shape index (κ2) is 7.65. The molecule has 0 heterocycles. The van der Waals surface area contributed by atoms with Gasteiger partial charge in [-0.25, -0.2) is 0 Å². The van der Waals surface area contributed by atoms with Crippen LogP contribution < -0.4 is 0 Å². The van der Waals surface area contributed by atoms with Crippen LogP contribution in [0.3, 0.4) is 0 Å². The minimum atomic E-state index is -0.0892. The molecule has 0 fully saturated rings. The number of rotatable bonds is 6. The lowest BCUT2D eigenvalue weighted by Crippen LogP contribution is -2.14. The highest BCUT2D eigenvalue weighted by atomic mass is 127. The maximum Gasteiger partial charge on any atom is 0.308 e. The Hall–Kier alpha value is -0.580. The Morgan fingerprint density at radius 3 is 2.69 bits per heavy atom. The van der Waals surface area contributed by atoms with Gasteiger partial charge in [-0.3, -0.25) is 4.79 Å². The van der Waals surface area contributed by atoms with E-state index in [0.717, 1.165) is 22.8 Å². The second-order valence-electron chi connectivity index (χ2n) is 3.83. The van der Waals surface area contributed by atoms with Crippen molar-refractivity contribution in [3.63, 3.8) is 0 Å². The summed E-state index contributed by atoms with van der Waals surface area (Å²) in [5, 5.41) is 0. The first-order valence-corrected chi connectivity index (χ1v) is 7.03. The fourth-order valence-corrected chi connectivity index (χ4v) is 1.81. The lowest BCUT2D eigenvalue weighted by atomic mass is 10.1. The Morgan fingerprint density at radius 1 is 1.38 bits per heavy atom. The molecule has 2 nitrogen and oxygen atoms in total. The first-order chi connectivity index (χ1) is 7.74. The van der Waals surface area contributed by atoms with Gasteiger partial charge in [0.15, 0.2) is 0 Å². The van der Waals surface area contributed by atoms with Gasteiger partial charge < -0.3 is 4.74 Å². The third-order valence-electron chi connectivity index (χ3n) is 2.40. The number of esters is 1. The molecule has 1 atom stereocenters. The maximum atomic E-state index is 11.6. The molecule has 3 heteroatoms. The van der Waals surface area contributed by atoms with Crippen LogP contribution in [-0.4, -0.2) is 10.4 Å². The van der Waals surface area contributed by atoms with Crippen LogP contribution in [0.25, 0.3) is 0 Å². The summed E-state index contributed by atoms with van der Waals surface area (Å²) in [6.45, 7) is 2.31. The molecule has 1 aromatic carbocycles. The molecule has 0 amide bonds. The van der Waals surface area contributed by atoms with Crippen molar-refractivity contribution in [2.24, 2.45) is 5.92 Å². The van der Waals surface area contributed by atoms with Gasteiger partial charge in [-0.05, 0) is 22.8 Å². The Bertz CT molecular complexity index is 311. The number of carbonyl (C=O) groups is 1. The zero-order chi connectivity index (χ0) is 11.8. The molecule has 0 spiro atoms. The summed E-state index contributed by atoms with van der Waals surface area (Å²) in [4.78, 5) is 11.6. The van der Waals surface area contributed by atoms with E-state index >= 15 is 0 Å². The predicted octanol–water partition coefficient (Wildman–Crippen LogP) is 3.58. The zero-order valence-electron chi connectivity index (χ0n) is 9.49. The van der Waals surface area contributed by atoms with Gasteiger partial charge in [-0.15, -0.1) is 0 Å². The SMILES string of the molecule is C[C@@H](CCCI)C(=O)OCc1ccccc1. The lowest BCUT2D eigenvalue weighted by Gasteiger charge is -2.10. The molecule has 1 rings (SSSR count). The van der Waals surface area contributed by atoms with E-state index in [0.29, 0.717) is 6.61 Å². The van der Waals surface area contributed by atoms with Gasteiger partial charge in [0.2, 0.25) is 0 Å². The van der Waals surface area contributed by atoms with Crippen molar-refractivity contribution in [2.75, 3.05) is 4.43 Å². The summed E-state index contributed by atoms with van der Waals surface area (Å²) in [6, 6.07) is 9.77. The van der Waals surface area contributed by atoms with Crippen LogP contribution in [0.5, 0.6) is 0 Å². The third-order valence-corrected chi connectivity index (χ3v) is 3.16. The van der Waals surface area contributed by atoms with E-state index in [-0.39, 0.29) is 11.9 Å². The predicted molar refractivity (Wildman–Crippen MR) is 73.5 cm³/mol. The largest absolute Gasteiger partial charge is 0.461 e. The third kappa shape index (κ3) is 4.96. The quantitative estimate of drug-likeness (QED) is 0.452. The molecule has 0 unspecified atom stereocenters. The molecule has 0 aliphatic rings. The molecule has 0 saturated carbocycles. The summed E-state index contributed by atoms with van der Waals surface area (Å²) in [7, 11) is 0. The molecule has 0 N–H and O–H groups in total. The summed E-state index contributed by atoms with van der Waals surface area (Å²) < 4.78 is 6.34. The Labute approximate surface area is 111 Å². The number of hydrogen-bond donors (Lipinski definition) is 0. The monoisotopic (exact) mass is 332 g/mol. The van der Waals surface area contributed by atoms with Crippen molar-refractivity contribution < 1.29 is 9.53 Å². The molecule has 1 aromatic rings. The Morgan fingerprint density at radius 2 is 2.06 bits per heavy atom. The van der Waals surface area contributed by atoms with Crippen molar-refractivity contribution >= 4 is 28.6 Å². The molecular formula is C13H17IO2.